The van der Waals surface area contributed by atoms with Crippen LogP contribution in [0.1, 0.15) is 17.2 Å². The number of nitrogens with one attached hydrogen (secondary N) is 2. The van der Waals surface area contributed by atoms with Crippen LogP contribution in [0.5, 0.6) is 11.5 Å². The van der Waals surface area contributed by atoms with E-state index in [1.54, 1.807) is 30.3 Å². The van der Waals surface area contributed by atoms with E-state index in [9.17, 15) is 9.18 Å². The normalized spacial score (nSPS) is 12.6. The number of H-pyrrole nitrogens is 1. The van der Waals surface area contributed by atoms with Gasteiger partial charge in [-0.05, 0) is 29.8 Å². The van der Waals surface area contributed by atoms with Crippen LogP contribution in [0.2, 0.25) is 0 Å². The van der Waals surface area contributed by atoms with Crippen molar-refractivity contribution in [3.8, 4) is 11.5 Å². The molecule has 1 amide bonds. The molecule has 7 nitrogen and oxygen atoms in total. The maximum absolute atomic E-state index is 13.0. The minimum Gasteiger partial charge on any atom is -0.486 e. The fourth-order valence-corrected chi connectivity index (χ4v) is 2.76. The number of anilines is 1. The molecule has 1 aliphatic rings. The van der Waals surface area contributed by atoms with Crippen LogP contribution in [-0.4, -0.2) is 34.3 Å². The summed E-state index contributed by atoms with van der Waals surface area (Å²) in [6.07, 6.45) is 0.519. The number of hydrogen-bond donors (Lipinski definition) is 2. The Hall–Kier alpha value is -3.42. The Labute approximate surface area is 154 Å². The lowest BCUT2D eigenvalue weighted by molar-refractivity contribution is -0.115. The fraction of sp³-hybridized carbons (Fsp3) is 0.211. The van der Waals surface area contributed by atoms with Crippen LogP contribution >= 0.6 is 0 Å². The maximum Gasteiger partial charge on any atom is 0.232 e. The molecule has 0 saturated carbocycles. The largest absolute Gasteiger partial charge is 0.486 e. The molecular formula is C19H17FN4O3. The van der Waals surface area contributed by atoms with Gasteiger partial charge in [0.15, 0.2) is 17.3 Å². The summed E-state index contributed by atoms with van der Waals surface area (Å²) in [6, 6.07) is 11.4. The zero-order chi connectivity index (χ0) is 18.6. The number of ether oxygens (including phenoxy) is 2. The zero-order valence-corrected chi connectivity index (χ0v) is 14.4. The summed E-state index contributed by atoms with van der Waals surface area (Å²) in [4.78, 5) is 16.6. The number of aromatic amines is 1. The van der Waals surface area contributed by atoms with E-state index in [0.717, 1.165) is 5.56 Å². The van der Waals surface area contributed by atoms with Gasteiger partial charge in [0.1, 0.15) is 24.9 Å². The van der Waals surface area contributed by atoms with E-state index in [1.807, 2.05) is 0 Å². The Balaban J connectivity index is 1.36. The van der Waals surface area contributed by atoms with E-state index < -0.39 is 0 Å². The van der Waals surface area contributed by atoms with Crippen molar-refractivity contribution >= 4 is 11.6 Å². The molecule has 0 fully saturated rings. The summed E-state index contributed by atoms with van der Waals surface area (Å²) in [5.41, 5.74) is 1.52. The number of nitrogens with zero attached hydrogens (tertiary/aromatic N) is 2. The number of aromatic nitrogens is 3. The van der Waals surface area contributed by atoms with Gasteiger partial charge in [-0.15, -0.1) is 0 Å². The molecule has 2 heterocycles. The zero-order valence-electron chi connectivity index (χ0n) is 14.4. The minimum atomic E-state index is -0.284. The number of rotatable bonds is 5. The lowest BCUT2D eigenvalue weighted by Gasteiger charge is -2.18. The van der Waals surface area contributed by atoms with E-state index >= 15 is 0 Å². The van der Waals surface area contributed by atoms with Crippen molar-refractivity contribution in [2.45, 2.75) is 12.8 Å². The molecule has 0 unspecified atom stereocenters. The molecule has 4 rings (SSSR count). The highest BCUT2D eigenvalue weighted by Crippen LogP contribution is 2.32. The van der Waals surface area contributed by atoms with E-state index in [2.05, 4.69) is 20.5 Å². The molecule has 0 saturated heterocycles. The number of fused-ring (bicyclic) bond motifs is 1. The third kappa shape index (κ3) is 4.22. The van der Waals surface area contributed by atoms with Crippen LogP contribution < -0.4 is 14.8 Å². The van der Waals surface area contributed by atoms with E-state index in [-0.39, 0.29) is 18.1 Å². The van der Waals surface area contributed by atoms with Crippen LogP contribution in [0, 0.1) is 5.82 Å². The molecule has 0 bridgehead atoms. The first-order valence-corrected chi connectivity index (χ1v) is 8.50. The second-order valence-electron chi connectivity index (χ2n) is 6.08. The number of halogens is 1. The van der Waals surface area contributed by atoms with Crippen molar-refractivity contribution in [1.82, 2.24) is 15.2 Å². The van der Waals surface area contributed by atoms with Crippen molar-refractivity contribution in [1.29, 1.82) is 0 Å². The second kappa shape index (κ2) is 7.45. The quantitative estimate of drug-likeness (QED) is 0.722. The van der Waals surface area contributed by atoms with Gasteiger partial charge < -0.3 is 14.8 Å². The van der Waals surface area contributed by atoms with Crippen LogP contribution in [0.3, 0.4) is 0 Å². The van der Waals surface area contributed by atoms with Crippen LogP contribution in [0.25, 0.3) is 0 Å². The number of carbonyl (C=O) groups is 1. The Morgan fingerprint density at radius 3 is 2.70 bits per heavy atom. The van der Waals surface area contributed by atoms with Gasteiger partial charge in [-0.2, -0.15) is 5.10 Å². The van der Waals surface area contributed by atoms with Crippen molar-refractivity contribution < 1.29 is 18.7 Å². The van der Waals surface area contributed by atoms with Gasteiger partial charge in [-0.1, -0.05) is 12.1 Å². The summed E-state index contributed by atoms with van der Waals surface area (Å²) in [6.45, 7) is 1.00. The van der Waals surface area contributed by atoms with E-state index in [1.165, 1.54) is 12.1 Å². The van der Waals surface area contributed by atoms with Crippen molar-refractivity contribution in [3.05, 3.63) is 65.5 Å². The SMILES string of the molecule is O=C(Cc1n[nH]c(Cc2ccc(F)cc2)n1)Nc1ccc2c(c1)OCCO2. The Kier molecular flexibility index (Phi) is 4.69. The maximum atomic E-state index is 13.0. The average Bonchev–Trinajstić information content (AvgIpc) is 3.10. The summed E-state index contributed by atoms with van der Waals surface area (Å²) in [5, 5.41) is 9.67. The molecule has 0 radical (unpaired) electrons. The first kappa shape index (κ1) is 17.0. The predicted molar refractivity (Wildman–Crippen MR) is 95.4 cm³/mol. The topological polar surface area (TPSA) is 89.1 Å². The second-order valence-corrected chi connectivity index (χ2v) is 6.08. The molecule has 1 aromatic heterocycles. The predicted octanol–water partition coefficient (Wildman–Crippen LogP) is 2.49. The third-order valence-electron chi connectivity index (χ3n) is 4.01. The van der Waals surface area contributed by atoms with Gasteiger partial charge in [0.25, 0.3) is 0 Å². The van der Waals surface area contributed by atoms with Crippen molar-refractivity contribution in [3.63, 3.8) is 0 Å². The Morgan fingerprint density at radius 1 is 1.11 bits per heavy atom. The molecule has 3 aromatic rings. The fourth-order valence-electron chi connectivity index (χ4n) is 2.76. The Morgan fingerprint density at radius 2 is 1.89 bits per heavy atom. The number of benzene rings is 2. The van der Waals surface area contributed by atoms with E-state index in [0.29, 0.717) is 48.5 Å². The standard InChI is InChI=1S/C19H17FN4O3/c20-13-3-1-12(2-4-13)9-17-22-18(24-23-17)11-19(25)21-14-5-6-15-16(10-14)27-8-7-26-15/h1-6,10H,7-9,11H2,(H,21,25)(H,22,23,24). The molecule has 0 atom stereocenters. The van der Waals surface area contributed by atoms with Crippen molar-refractivity contribution in [2.24, 2.45) is 0 Å². The molecule has 0 spiro atoms. The third-order valence-corrected chi connectivity index (χ3v) is 4.01. The van der Waals surface area contributed by atoms with E-state index in [4.69, 9.17) is 9.47 Å². The smallest absolute Gasteiger partial charge is 0.232 e. The molecule has 2 aromatic carbocycles. The molecule has 1 aliphatic heterocycles. The monoisotopic (exact) mass is 368 g/mol. The highest BCUT2D eigenvalue weighted by Gasteiger charge is 2.14. The van der Waals surface area contributed by atoms with Gasteiger partial charge in [0, 0.05) is 18.2 Å². The molecule has 8 heteroatoms. The summed E-state index contributed by atoms with van der Waals surface area (Å²) in [5.74, 6) is 1.76. The van der Waals surface area contributed by atoms with Gasteiger partial charge >= 0.3 is 0 Å². The Bertz CT molecular complexity index is 956. The lowest BCUT2D eigenvalue weighted by atomic mass is 10.1. The molecule has 2 N–H and O–H groups in total. The van der Waals surface area contributed by atoms with Gasteiger partial charge in [0.2, 0.25) is 5.91 Å². The first-order valence-electron chi connectivity index (χ1n) is 8.50. The van der Waals surface area contributed by atoms with Crippen molar-refractivity contribution in [2.75, 3.05) is 18.5 Å². The summed E-state index contributed by atoms with van der Waals surface area (Å²) in [7, 11) is 0. The molecule has 138 valence electrons. The van der Waals surface area contributed by atoms with Crippen LogP contribution in [0.4, 0.5) is 10.1 Å². The number of amides is 1. The summed E-state index contributed by atoms with van der Waals surface area (Å²) >= 11 is 0. The molecule has 27 heavy (non-hydrogen) atoms. The molecular weight excluding hydrogens is 351 g/mol. The highest BCUT2D eigenvalue weighted by atomic mass is 19.1. The van der Waals surface area contributed by atoms with Crippen LogP contribution in [-0.2, 0) is 17.6 Å². The minimum absolute atomic E-state index is 0.0361. The molecule has 0 aliphatic carbocycles. The summed E-state index contributed by atoms with van der Waals surface area (Å²) < 4.78 is 23.9. The first-order chi connectivity index (χ1) is 13.2. The number of hydrogen-bond acceptors (Lipinski definition) is 5. The van der Waals surface area contributed by atoms with Gasteiger partial charge in [0.05, 0.1) is 6.42 Å². The van der Waals surface area contributed by atoms with Gasteiger partial charge in [-0.25, -0.2) is 9.37 Å². The average molecular weight is 368 g/mol. The van der Waals surface area contributed by atoms with Crippen LogP contribution in [0.15, 0.2) is 42.5 Å². The highest BCUT2D eigenvalue weighted by molar-refractivity contribution is 5.92. The lowest BCUT2D eigenvalue weighted by Crippen LogP contribution is -2.17. The van der Waals surface area contributed by atoms with Gasteiger partial charge in [-0.3, -0.25) is 9.89 Å². The number of carbonyl (C=O) groups excluding carboxylic acids is 1.